The quantitative estimate of drug-likeness (QED) is 0.197. The number of aryl methyl sites for hydroxylation is 3. The Morgan fingerprint density at radius 3 is 2.40 bits per heavy atom. The smallest absolute Gasteiger partial charge is 0.303 e. The van der Waals surface area contributed by atoms with Crippen molar-refractivity contribution in [2.45, 2.75) is 78.4 Å². The molecule has 2 atom stereocenters. The normalized spacial score (nSPS) is 15.3. The first-order chi connectivity index (χ1) is 21.3. The lowest BCUT2D eigenvalue weighted by atomic mass is 9.87. The highest BCUT2D eigenvalue weighted by Gasteiger charge is 2.26. The average Bonchev–Trinajstić information content (AvgIpc) is 2.94. The lowest BCUT2D eigenvalue weighted by Crippen LogP contribution is -2.49. The minimum absolute atomic E-state index is 0.0399. The van der Waals surface area contributed by atoms with E-state index in [0.717, 1.165) is 22.4 Å². The van der Waals surface area contributed by atoms with Gasteiger partial charge in [-0.3, -0.25) is 14.5 Å². The predicted octanol–water partition coefficient (Wildman–Crippen LogP) is 6.14. The van der Waals surface area contributed by atoms with E-state index in [2.05, 4.69) is 24.3 Å². The Hall–Kier alpha value is -3.50. The highest BCUT2D eigenvalue weighted by molar-refractivity contribution is 5.72. The number of carboxylic acids is 1. The van der Waals surface area contributed by atoms with E-state index in [1.165, 1.54) is 10.7 Å². The van der Waals surface area contributed by atoms with Crippen molar-refractivity contribution in [3.63, 3.8) is 0 Å². The number of aliphatic carboxylic acids is 1. The number of carboxylic acid groups (broad SMARTS) is 1. The molecule has 2 N–H and O–H groups in total. The second-order valence-electron chi connectivity index (χ2n) is 12.9. The number of nitrogens with one attached hydrogen (secondary N) is 1. The number of nitrogens with zero attached hydrogens (tertiary/aromatic N) is 3. The number of rotatable bonds is 15. The van der Waals surface area contributed by atoms with Gasteiger partial charge in [0.05, 0.1) is 18.2 Å². The number of halogens is 3. The number of carbonyl (C=O) groups is 1. The van der Waals surface area contributed by atoms with Crippen LogP contribution in [0.15, 0.2) is 41.2 Å². The number of aromatic nitrogens is 2. The van der Waals surface area contributed by atoms with Crippen LogP contribution in [-0.2, 0) is 11.2 Å². The Morgan fingerprint density at radius 2 is 1.78 bits per heavy atom. The second kappa shape index (κ2) is 15.2. The van der Waals surface area contributed by atoms with Crippen LogP contribution in [0.4, 0.5) is 13.2 Å². The summed E-state index contributed by atoms with van der Waals surface area (Å²) in [7, 11) is 0. The van der Waals surface area contributed by atoms with Crippen molar-refractivity contribution in [3.8, 4) is 11.1 Å². The summed E-state index contributed by atoms with van der Waals surface area (Å²) in [5.74, 6) is -3.64. The third-order valence-electron chi connectivity index (χ3n) is 8.59. The number of likely N-dealkylation sites (tertiary alicyclic amines) is 1. The zero-order chi connectivity index (χ0) is 32.8. The summed E-state index contributed by atoms with van der Waals surface area (Å²) >= 11 is 0. The molecule has 1 fully saturated rings. The molecule has 4 rings (SSSR count). The van der Waals surface area contributed by atoms with Gasteiger partial charge in [0.25, 0.3) is 5.56 Å². The van der Waals surface area contributed by atoms with Crippen LogP contribution in [0.1, 0.15) is 73.0 Å². The fraction of sp³-hybridized carbons (Fsp3) is 0.514. The third-order valence-corrected chi connectivity index (χ3v) is 8.59. The minimum atomic E-state index is -1.10. The Bertz CT molecular complexity index is 1530. The Balaban J connectivity index is 1.51. The molecule has 1 aromatic heterocycles. The lowest BCUT2D eigenvalue weighted by molar-refractivity contribution is -0.137. The van der Waals surface area contributed by atoms with Crippen LogP contribution < -0.4 is 10.9 Å². The molecule has 1 aliphatic heterocycles. The molecule has 2 aromatic carbocycles. The molecular formula is C35H45F3N4O3. The molecular weight excluding hydrogens is 581 g/mol. The van der Waals surface area contributed by atoms with E-state index in [1.807, 2.05) is 36.9 Å². The highest BCUT2D eigenvalue weighted by Crippen LogP contribution is 2.34. The Kier molecular flexibility index (Phi) is 11.6. The van der Waals surface area contributed by atoms with Crippen molar-refractivity contribution in [1.82, 2.24) is 20.0 Å². The summed E-state index contributed by atoms with van der Waals surface area (Å²) in [6.07, 6.45) is 0.401. The summed E-state index contributed by atoms with van der Waals surface area (Å²) in [5, 5.41) is 17.7. The minimum Gasteiger partial charge on any atom is -0.481 e. The van der Waals surface area contributed by atoms with Crippen LogP contribution in [0.3, 0.4) is 0 Å². The van der Waals surface area contributed by atoms with Gasteiger partial charge >= 0.3 is 5.97 Å². The van der Waals surface area contributed by atoms with Crippen LogP contribution in [0.2, 0.25) is 0 Å². The van der Waals surface area contributed by atoms with Crippen LogP contribution >= 0.6 is 0 Å². The van der Waals surface area contributed by atoms with E-state index in [1.54, 1.807) is 19.1 Å². The molecule has 1 aliphatic rings. The van der Waals surface area contributed by atoms with Gasteiger partial charge in [-0.25, -0.2) is 17.9 Å². The van der Waals surface area contributed by atoms with E-state index in [4.69, 9.17) is 0 Å². The van der Waals surface area contributed by atoms with Gasteiger partial charge < -0.3 is 10.4 Å². The fourth-order valence-corrected chi connectivity index (χ4v) is 6.30. The van der Waals surface area contributed by atoms with Gasteiger partial charge in [0.1, 0.15) is 6.17 Å². The lowest BCUT2D eigenvalue weighted by Gasteiger charge is -2.34. The Morgan fingerprint density at radius 1 is 1.09 bits per heavy atom. The Labute approximate surface area is 263 Å². The second-order valence-corrected chi connectivity index (χ2v) is 12.9. The molecule has 45 heavy (non-hydrogen) atoms. The monoisotopic (exact) mass is 626 g/mol. The first-order valence-corrected chi connectivity index (χ1v) is 15.8. The zero-order valence-corrected chi connectivity index (χ0v) is 26.9. The maximum absolute atomic E-state index is 15.2. The van der Waals surface area contributed by atoms with Crippen molar-refractivity contribution in [3.05, 3.63) is 86.3 Å². The van der Waals surface area contributed by atoms with Crippen LogP contribution in [0.5, 0.6) is 0 Å². The maximum Gasteiger partial charge on any atom is 0.303 e. The predicted molar refractivity (Wildman–Crippen MR) is 171 cm³/mol. The van der Waals surface area contributed by atoms with E-state index in [-0.39, 0.29) is 35.9 Å². The fourth-order valence-electron chi connectivity index (χ4n) is 6.30. The first-order valence-electron chi connectivity index (χ1n) is 15.8. The molecule has 0 unspecified atom stereocenters. The zero-order valence-electron chi connectivity index (χ0n) is 26.9. The summed E-state index contributed by atoms with van der Waals surface area (Å²) < 4.78 is 44.9. The molecule has 0 amide bonds. The topological polar surface area (TPSA) is 87.5 Å². The maximum atomic E-state index is 15.2. The van der Waals surface area contributed by atoms with Gasteiger partial charge in [0.15, 0.2) is 11.6 Å². The largest absolute Gasteiger partial charge is 0.481 e. The summed E-state index contributed by atoms with van der Waals surface area (Å²) in [6, 6.07) is 9.98. The molecule has 1 saturated heterocycles. The number of benzene rings is 2. The highest BCUT2D eigenvalue weighted by atomic mass is 19.2. The van der Waals surface area contributed by atoms with Crippen molar-refractivity contribution in [1.29, 1.82) is 0 Å². The van der Waals surface area contributed by atoms with Gasteiger partial charge in [0, 0.05) is 38.2 Å². The van der Waals surface area contributed by atoms with E-state index in [0.29, 0.717) is 56.7 Å². The summed E-state index contributed by atoms with van der Waals surface area (Å²) in [4.78, 5) is 27.0. The summed E-state index contributed by atoms with van der Waals surface area (Å²) in [5.41, 5.74) is 4.36. The van der Waals surface area contributed by atoms with Crippen molar-refractivity contribution >= 4 is 5.97 Å². The van der Waals surface area contributed by atoms with Gasteiger partial charge in [-0.15, -0.1) is 0 Å². The summed E-state index contributed by atoms with van der Waals surface area (Å²) in [6.45, 7) is 11.9. The number of alkyl halides is 1. The third kappa shape index (κ3) is 8.82. The van der Waals surface area contributed by atoms with Gasteiger partial charge in [-0.05, 0) is 98.0 Å². The first kappa shape index (κ1) is 34.4. The van der Waals surface area contributed by atoms with E-state index >= 15 is 4.39 Å². The number of hydrogen-bond donors (Lipinski definition) is 2. The molecule has 3 aromatic rings. The van der Waals surface area contributed by atoms with Gasteiger partial charge in [-0.2, -0.15) is 5.10 Å². The van der Waals surface area contributed by atoms with E-state index in [9.17, 15) is 23.5 Å². The average molecular weight is 627 g/mol. The van der Waals surface area contributed by atoms with Gasteiger partial charge in [-0.1, -0.05) is 32.0 Å². The van der Waals surface area contributed by atoms with Crippen molar-refractivity contribution in [2.75, 3.05) is 32.7 Å². The molecule has 244 valence electrons. The molecule has 0 aliphatic carbocycles. The molecule has 2 heterocycles. The van der Waals surface area contributed by atoms with Gasteiger partial charge in [0.2, 0.25) is 0 Å². The molecule has 7 nitrogen and oxygen atoms in total. The SMILES string of the molecule is Cc1cccc(C)c1-c1cc(F)c(F)c([C@@H](CCNC[C@H](CC(C)C)n2nc(CCN3CC(F)C3)cc(C)c2=O)CC(=O)O)c1. The van der Waals surface area contributed by atoms with Crippen molar-refractivity contribution in [2.24, 2.45) is 5.92 Å². The van der Waals surface area contributed by atoms with Crippen molar-refractivity contribution < 1.29 is 23.1 Å². The molecule has 0 spiro atoms. The van der Waals surface area contributed by atoms with E-state index < -0.39 is 29.7 Å². The van der Waals surface area contributed by atoms with Crippen LogP contribution in [0.25, 0.3) is 11.1 Å². The van der Waals surface area contributed by atoms with Crippen LogP contribution in [-0.4, -0.2) is 64.7 Å². The molecule has 0 radical (unpaired) electrons. The van der Waals surface area contributed by atoms with Crippen LogP contribution in [0, 0.1) is 38.3 Å². The molecule has 10 heteroatoms. The standard InChI is InChI=1S/C35H45F3N4O3/c1-21(2)13-29(42-35(45)24(5)14-28(40-42)10-12-41-19-27(36)20-41)18-39-11-9-25(17-32(43)44)30-15-26(16-31(37)34(30)38)33-22(3)7-6-8-23(33)4/h6-8,14-16,21,25,27,29,39H,9-13,17-20H2,1-5H3,(H,43,44)/t25-,29-/m0/s1. The number of hydrogen-bond acceptors (Lipinski definition) is 5. The molecule has 0 bridgehead atoms. The molecule has 0 saturated carbocycles.